The molecule has 2 atom stereocenters. The van der Waals surface area contributed by atoms with E-state index in [1.165, 1.54) is 24.8 Å². The first-order valence-electron chi connectivity index (χ1n) is 7.67. The minimum Gasteiger partial charge on any atom is -0.490 e. The fourth-order valence-electron chi connectivity index (χ4n) is 3.16. The lowest BCUT2D eigenvalue weighted by atomic mass is 9.75. The van der Waals surface area contributed by atoms with Gasteiger partial charge in [0.2, 0.25) is 0 Å². The first-order chi connectivity index (χ1) is 9.23. The van der Waals surface area contributed by atoms with Crippen molar-refractivity contribution in [3.63, 3.8) is 0 Å². The van der Waals surface area contributed by atoms with Crippen LogP contribution in [0.3, 0.4) is 0 Å². The van der Waals surface area contributed by atoms with Crippen LogP contribution in [0, 0.1) is 5.41 Å². The fraction of sp³-hybridized carbons (Fsp3) is 0.647. The summed E-state index contributed by atoms with van der Waals surface area (Å²) in [4.78, 5) is 0. The molecule has 1 aromatic carbocycles. The van der Waals surface area contributed by atoms with Crippen LogP contribution in [0.1, 0.15) is 51.5 Å². The Bertz CT molecular complexity index is 373. The van der Waals surface area contributed by atoms with Crippen molar-refractivity contribution in [2.75, 3.05) is 6.54 Å². The van der Waals surface area contributed by atoms with Gasteiger partial charge in [-0.2, -0.15) is 0 Å². The molecule has 0 saturated carbocycles. The van der Waals surface area contributed by atoms with Crippen molar-refractivity contribution >= 4 is 0 Å². The van der Waals surface area contributed by atoms with Gasteiger partial charge in [0.15, 0.2) is 0 Å². The van der Waals surface area contributed by atoms with Gasteiger partial charge in [0.25, 0.3) is 0 Å². The lowest BCUT2D eigenvalue weighted by molar-refractivity contribution is 0.124. The van der Waals surface area contributed by atoms with Gasteiger partial charge in [0, 0.05) is 6.42 Å². The lowest BCUT2D eigenvalue weighted by Gasteiger charge is -2.33. The Morgan fingerprint density at radius 2 is 2.11 bits per heavy atom. The maximum Gasteiger partial charge on any atom is 0.123 e. The van der Waals surface area contributed by atoms with Crippen LogP contribution in [-0.4, -0.2) is 12.6 Å². The van der Waals surface area contributed by atoms with Crippen molar-refractivity contribution in [2.24, 2.45) is 11.1 Å². The summed E-state index contributed by atoms with van der Waals surface area (Å²) in [5, 5.41) is 0. The molecule has 19 heavy (non-hydrogen) atoms. The van der Waals surface area contributed by atoms with Crippen LogP contribution in [0.25, 0.3) is 0 Å². The monoisotopic (exact) mass is 261 g/mol. The van der Waals surface area contributed by atoms with E-state index in [1.807, 2.05) is 6.07 Å². The van der Waals surface area contributed by atoms with Crippen LogP contribution in [0.5, 0.6) is 5.75 Å². The number of fused-ring (bicyclic) bond motifs is 1. The molecule has 1 aromatic rings. The first-order valence-corrected chi connectivity index (χ1v) is 7.67. The van der Waals surface area contributed by atoms with E-state index in [4.69, 9.17) is 10.5 Å². The summed E-state index contributed by atoms with van der Waals surface area (Å²) < 4.78 is 6.09. The Morgan fingerprint density at radius 3 is 2.74 bits per heavy atom. The Hall–Kier alpha value is -1.02. The number of nitrogens with two attached hydrogens (primary N) is 1. The molecule has 0 aliphatic carbocycles. The summed E-state index contributed by atoms with van der Waals surface area (Å²) >= 11 is 0. The van der Waals surface area contributed by atoms with Crippen molar-refractivity contribution in [1.29, 1.82) is 0 Å². The van der Waals surface area contributed by atoms with Gasteiger partial charge < -0.3 is 10.5 Å². The standard InChI is InChI=1S/C17H27NO/c1-3-5-10-17(4-2,13-18)12-15-11-14-8-6-7-9-16(14)19-15/h6-9,15H,3-5,10-13,18H2,1-2H3. The van der Waals surface area contributed by atoms with Crippen molar-refractivity contribution < 1.29 is 4.74 Å². The summed E-state index contributed by atoms with van der Waals surface area (Å²) in [6.45, 7) is 5.29. The normalized spacial score (nSPS) is 20.7. The molecule has 0 radical (unpaired) electrons. The van der Waals surface area contributed by atoms with E-state index >= 15 is 0 Å². The summed E-state index contributed by atoms with van der Waals surface area (Å²) in [6.07, 6.45) is 7.35. The van der Waals surface area contributed by atoms with E-state index in [-0.39, 0.29) is 5.41 Å². The number of ether oxygens (including phenoxy) is 1. The molecule has 0 spiro atoms. The molecule has 2 rings (SSSR count). The SMILES string of the molecule is CCCCC(CC)(CN)CC1Cc2ccccc2O1. The number of hydrogen-bond donors (Lipinski definition) is 1. The predicted octanol–water partition coefficient (Wildman–Crippen LogP) is 3.93. The topological polar surface area (TPSA) is 35.2 Å². The van der Waals surface area contributed by atoms with E-state index in [0.29, 0.717) is 6.10 Å². The maximum atomic E-state index is 6.09. The zero-order valence-corrected chi connectivity index (χ0v) is 12.3. The summed E-state index contributed by atoms with van der Waals surface area (Å²) in [6, 6.07) is 8.40. The second kappa shape index (κ2) is 6.42. The second-order valence-corrected chi connectivity index (χ2v) is 5.92. The molecular formula is C17H27NO. The number of para-hydroxylation sites is 1. The quantitative estimate of drug-likeness (QED) is 0.807. The number of hydrogen-bond acceptors (Lipinski definition) is 2. The van der Waals surface area contributed by atoms with Gasteiger partial charge in [-0.1, -0.05) is 44.9 Å². The van der Waals surface area contributed by atoms with Gasteiger partial charge in [-0.25, -0.2) is 0 Å². The molecule has 2 unspecified atom stereocenters. The van der Waals surface area contributed by atoms with E-state index in [2.05, 4.69) is 32.0 Å². The van der Waals surface area contributed by atoms with E-state index in [1.54, 1.807) is 0 Å². The molecule has 2 heteroatoms. The van der Waals surface area contributed by atoms with Crippen LogP contribution < -0.4 is 10.5 Å². The fourth-order valence-corrected chi connectivity index (χ4v) is 3.16. The third-order valence-corrected chi connectivity index (χ3v) is 4.62. The van der Waals surface area contributed by atoms with Gasteiger partial charge in [-0.3, -0.25) is 0 Å². The molecule has 1 aliphatic heterocycles. The largest absolute Gasteiger partial charge is 0.490 e. The van der Waals surface area contributed by atoms with Crippen molar-refractivity contribution in [2.45, 2.75) is 58.5 Å². The second-order valence-electron chi connectivity index (χ2n) is 5.92. The third kappa shape index (κ3) is 3.30. The molecule has 0 saturated heterocycles. The molecule has 2 N–H and O–H groups in total. The molecule has 106 valence electrons. The average molecular weight is 261 g/mol. The van der Waals surface area contributed by atoms with Gasteiger partial charge in [-0.05, 0) is 42.9 Å². The van der Waals surface area contributed by atoms with Gasteiger partial charge in [-0.15, -0.1) is 0 Å². The molecule has 0 fully saturated rings. The predicted molar refractivity (Wildman–Crippen MR) is 80.5 cm³/mol. The zero-order valence-electron chi connectivity index (χ0n) is 12.3. The molecule has 0 bridgehead atoms. The summed E-state index contributed by atoms with van der Waals surface area (Å²) in [5.74, 6) is 1.07. The van der Waals surface area contributed by atoms with Gasteiger partial charge in [0.05, 0.1) is 0 Å². The number of rotatable bonds is 7. The number of benzene rings is 1. The smallest absolute Gasteiger partial charge is 0.123 e. The molecule has 1 heterocycles. The maximum absolute atomic E-state index is 6.09. The Balaban J connectivity index is 2.00. The van der Waals surface area contributed by atoms with Crippen LogP contribution in [0.2, 0.25) is 0 Å². The zero-order chi connectivity index (χ0) is 13.7. The van der Waals surface area contributed by atoms with E-state index < -0.39 is 0 Å². The Morgan fingerprint density at radius 1 is 1.32 bits per heavy atom. The van der Waals surface area contributed by atoms with Crippen LogP contribution >= 0.6 is 0 Å². The van der Waals surface area contributed by atoms with Gasteiger partial charge >= 0.3 is 0 Å². The Labute approximate surface area is 117 Å². The lowest BCUT2D eigenvalue weighted by Crippen LogP contribution is -2.35. The van der Waals surface area contributed by atoms with E-state index in [0.717, 1.165) is 31.6 Å². The van der Waals surface area contributed by atoms with Crippen molar-refractivity contribution in [3.8, 4) is 5.75 Å². The van der Waals surface area contributed by atoms with Crippen LogP contribution in [0.4, 0.5) is 0 Å². The summed E-state index contributed by atoms with van der Waals surface area (Å²) in [5.41, 5.74) is 7.71. The van der Waals surface area contributed by atoms with Crippen LogP contribution in [0.15, 0.2) is 24.3 Å². The first kappa shape index (κ1) is 14.4. The van der Waals surface area contributed by atoms with Gasteiger partial charge in [0.1, 0.15) is 11.9 Å². The molecular weight excluding hydrogens is 234 g/mol. The minimum absolute atomic E-state index is 0.267. The van der Waals surface area contributed by atoms with E-state index in [9.17, 15) is 0 Å². The average Bonchev–Trinajstić information content (AvgIpc) is 2.85. The van der Waals surface area contributed by atoms with Crippen LogP contribution in [-0.2, 0) is 6.42 Å². The Kier molecular flexibility index (Phi) is 4.87. The number of unbranched alkanes of at least 4 members (excludes halogenated alkanes) is 1. The molecule has 0 aromatic heterocycles. The highest BCUT2D eigenvalue weighted by Crippen LogP contribution is 2.38. The van der Waals surface area contributed by atoms with Crippen molar-refractivity contribution in [3.05, 3.63) is 29.8 Å². The van der Waals surface area contributed by atoms with Crippen molar-refractivity contribution in [1.82, 2.24) is 0 Å². The molecule has 2 nitrogen and oxygen atoms in total. The highest BCUT2D eigenvalue weighted by molar-refractivity contribution is 5.37. The highest BCUT2D eigenvalue weighted by Gasteiger charge is 2.33. The summed E-state index contributed by atoms with van der Waals surface area (Å²) in [7, 11) is 0. The highest BCUT2D eigenvalue weighted by atomic mass is 16.5. The molecule has 1 aliphatic rings. The third-order valence-electron chi connectivity index (χ3n) is 4.62. The minimum atomic E-state index is 0.267. The molecule has 0 amide bonds.